The predicted octanol–water partition coefficient (Wildman–Crippen LogP) is 2.86. The second-order valence-electron chi connectivity index (χ2n) is 3.97. The molecule has 1 saturated heterocycles. The maximum absolute atomic E-state index is 5.78. The van der Waals surface area contributed by atoms with Crippen LogP contribution >= 0.6 is 11.6 Å². The topological polar surface area (TPSA) is 3.24 Å². The first-order valence-electron chi connectivity index (χ1n) is 4.67. The van der Waals surface area contributed by atoms with Crippen molar-refractivity contribution in [2.24, 2.45) is 5.92 Å². The van der Waals surface area contributed by atoms with Gasteiger partial charge in [0.2, 0.25) is 0 Å². The van der Waals surface area contributed by atoms with Crippen molar-refractivity contribution in [3.63, 3.8) is 0 Å². The van der Waals surface area contributed by atoms with E-state index in [9.17, 15) is 0 Å². The molecular weight excluding hydrogens is 170 g/mol. The Morgan fingerprint density at radius 2 is 2.25 bits per heavy atom. The van der Waals surface area contributed by atoms with Gasteiger partial charge in [0.1, 0.15) is 0 Å². The summed E-state index contributed by atoms with van der Waals surface area (Å²) < 4.78 is 0. The Labute approximate surface area is 80.4 Å². The van der Waals surface area contributed by atoms with Gasteiger partial charge in [0.05, 0.1) is 0 Å². The fourth-order valence-electron chi connectivity index (χ4n) is 1.91. The van der Waals surface area contributed by atoms with Gasteiger partial charge in [-0.25, -0.2) is 0 Å². The highest BCUT2D eigenvalue weighted by Gasteiger charge is 2.22. The van der Waals surface area contributed by atoms with Crippen LogP contribution in [0.4, 0.5) is 0 Å². The van der Waals surface area contributed by atoms with Gasteiger partial charge < -0.3 is 0 Å². The Bertz CT molecular complexity index is 167. The third kappa shape index (κ3) is 2.80. The molecule has 0 spiro atoms. The summed E-state index contributed by atoms with van der Waals surface area (Å²) >= 11 is 5.78. The van der Waals surface area contributed by atoms with Gasteiger partial charge >= 0.3 is 0 Å². The molecule has 2 unspecified atom stereocenters. The van der Waals surface area contributed by atoms with Crippen LogP contribution in [0, 0.1) is 5.92 Å². The minimum Gasteiger partial charge on any atom is -0.296 e. The smallest absolute Gasteiger partial charge is 0.0338 e. The summed E-state index contributed by atoms with van der Waals surface area (Å²) in [7, 11) is 0. The van der Waals surface area contributed by atoms with E-state index in [1.165, 1.54) is 19.4 Å². The van der Waals surface area contributed by atoms with Crippen LogP contribution in [0.3, 0.4) is 0 Å². The molecule has 0 bridgehead atoms. The fraction of sp³-hybridized carbons (Fsp3) is 0.800. The van der Waals surface area contributed by atoms with Crippen molar-refractivity contribution in [1.82, 2.24) is 4.90 Å². The van der Waals surface area contributed by atoms with Crippen molar-refractivity contribution in [3.05, 3.63) is 11.6 Å². The summed E-state index contributed by atoms with van der Waals surface area (Å²) in [5.74, 6) is 0.875. The van der Waals surface area contributed by atoms with Gasteiger partial charge in [-0.1, -0.05) is 25.1 Å². The molecule has 0 aromatic heterocycles. The van der Waals surface area contributed by atoms with Gasteiger partial charge in [-0.3, -0.25) is 4.90 Å². The van der Waals surface area contributed by atoms with Crippen LogP contribution in [-0.2, 0) is 0 Å². The molecule has 0 N–H and O–H groups in total. The van der Waals surface area contributed by atoms with Crippen molar-refractivity contribution in [2.45, 2.75) is 32.7 Å². The van der Waals surface area contributed by atoms with Crippen LogP contribution in [0.5, 0.6) is 0 Å². The third-order valence-corrected chi connectivity index (χ3v) is 2.77. The molecule has 1 heterocycles. The number of nitrogens with zero attached hydrogens (tertiary/aromatic N) is 1. The molecule has 0 saturated carbocycles. The van der Waals surface area contributed by atoms with Crippen LogP contribution in [0.2, 0.25) is 0 Å². The van der Waals surface area contributed by atoms with E-state index >= 15 is 0 Å². The largest absolute Gasteiger partial charge is 0.296 e. The average molecular weight is 188 g/mol. The molecule has 0 aliphatic carbocycles. The van der Waals surface area contributed by atoms with Gasteiger partial charge in [0.25, 0.3) is 0 Å². The average Bonchev–Trinajstić information content (AvgIpc) is 1.94. The first-order chi connectivity index (χ1) is 5.59. The molecule has 70 valence electrons. The van der Waals surface area contributed by atoms with Gasteiger partial charge in [-0.2, -0.15) is 0 Å². The molecule has 1 aliphatic rings. The number of piperidine rings is 1. The van der Waals surface area contributed by atoms with E-state index in [0.29, 0.717) is 6.04 Å². The van der Waals surface area contributed by atoms with E-state index in [1.807, 2.05) is 0 Å². The van der Waals surface area contributed by atoms with Crippen molar-refractivity contribution in [3.8, 4) is 0 Å². The molecule has 1 fully saturated rings. The molecule has 0 radical (unpaired) electrons. The van der Waals surface area contributed by atoms with Gasteiger partial charge in [-0.15, -0.1) is 0 Å². The van der Waals surface area contributed by atoms with Gasteiger partial charge in [0, 0.05) is 17.6 Å². The van der Waals surface area contributed by atoms with Gasteiger partial charge in [0.15, 0.2) is 0 Å². The highest BCUT2D eigenvalue weighted by molar-refractivity contribution is 6.29. The Balaban J connectivity index is 2.39. The highest BCUT2D eigenvalue weighted by Crippen LogP contribution is 2.22. The van der Waals surface area contributed by atoms with E-state index < -0.39 is 0 Å². The molecule has 0 aromatic rings. The Morgan fingerprint density at radius 3 is 2.75 bits per heavy atom. The lowest BCUT2D eigenvalue weighted by molar-refractivity contribution is 0.143. The minimum absolute atomic E-state index is 0.671. The molecule has 2 heteroatoms. The monoisotopic (exact) mass is 187 g/mol. The predicted molar refractivity (Wildman–Crippen MR) is 54.4 cm³/mol. The Hall–Kier alpha value is -0.0100. The maximum Gasteiger partial charge on any atom is 0.0338 e. The molecule has 1 aliphatic heterocycles. The summed E-state index contributed by atoms with van der Waals surface area (Å²) in [4.78, 5) is 2.41. The highest BCUT2D eigenvalue weighted by atomic mass is 35.5. The summed E-state index contributed by atoms with van der Waals surface area (Å²) in [5, 5.41) is 0.761. The standard InChI is InChI=1S/C10H18ClN/c1-8-4-5-12(7-9(2)11)10(3)6-8/h8,10H,2,4-7H2,1,3H3. The van der Waals surface area contributed by atoms with Crippen LogP contribution in [0.1, 0.15) is 26.7 Å². The lowest BCUT2D eigenvalue weighted by Gasteiger charge is -2.36. The van der Waals surface area contributed by atoms with Crippen molar-refractivity contribution in [2.75, 3.05) is 13.1 Å². The summed E-state index contributed by atoms with van der Waals surface area (Å²) in [6, 6.07) is 0.671. The summed E-state index contributed by atoms with van der Waals surface area (Å²) in [6.07, 6.45) is 2.60. The molecule has 2 atom stereocenters. The molecule has 1 rings (SSSR count). The van der Waals surface area contributed by atoms with E-state index in [0.717, 1.165) is 17.5 Å². The quantitative estimate of drug-likeness (QED) is 0.643. The maximum atomic E-state index is 5.78. The van der Waals surface area contributed by atoms with Crippen molar-refractivity contribution < 1.29 is 0 Å². The van der Waals surface area contributed by atoms with E-state index in [4.69, 9.17) is 11.6 Å². The second-order valence-corrected chi connectivity index (χ2v) is 4.50. The zero-order valence-electron chi connectivity index (χ0n) is 8.02. The van der Waals surface area contributed by atoms with Crippen LogP contribution in [-0.4, -0.2) is 24.0 Å². The first kappa shape index (κ1) is 10.1. The SMILES string of the molecule is C=C(Cl)CN1CCC(C)CC1C. The molecule has 12 heavy (non-hydrogen) atoms. The Morgan fingerprint density at radius 1 is 1.58 bits per heavy atom. The lowest BCUT2D eigenvalue weighted by atomic mass is 9.93. The first-order valence-corrected chi connectivity index (χ1v) is 5.04. The molecule has 1 nitrogen and oxygen atoms in total. The third-order valence-electron chi connectivity index (χ3n) is 2.65. The van der Waals surface area contributed by atoms with E-state index in [1.54, 1.807) is 0 Å². The summed E-state index contributed by atoms with van der Waals surface area (Å²) in [5.41, 5.74) is 0. The van der Waals surface area contributed by atoms with Gasteiger partial charge in [-0.05, 0) is 32.2 Å². The Kier molecular flexibility index (Phi) is 3.60. The van der Waals surface area contributed by atoms with Crippen LogP contribution in [0.15, 0.2) is 11.6 Å². The minimum atomic E-state index is 0.671. The summed E-state index contributed by atoms with van der Waals surface area (Å²) in [6.45, 7) is 10.4. The number of rotatable bonds is 2. The zero-order chi connectivity index (χ0) is 9.14. The second kappa shape index (κ2) is 4.29. The fourth-order valence-corrected chi connectivity index (χ4v) is 2.06. The van der Waals surface area contributed by atoms with Crippen molar-refractivity contribution in [1.29, 1.82) is 0 Å². The normalized spacial score (nSPS) is 31.9. The molecular formula is C10H18ClN. The van der Waals surface area contributed by atoms with Crippen LogP contribution in [0.25, 0.3) is 0 Å². The number of hydrogen-bond donors (Lipinski definition) is 0. The number of halogens is 1. The number of likely N-dealkylation sites (tertiary alicyclic amines) is 1. The zero-order valence-corrected chi connectivity index (χ0v) is 8.77. The number of hydrogen-bond acceptors (Lipinski definition) is 1. The lowest BCUT2D eigenvalue weighted by Crippen LogP contribution is -2.40. The van der Waals surface area contributed by atoms with E-state index in [-0.39, 0.29) is 0 Å². The molecule has 0 amide bonds. The molecule has 0 aromatic carbocycles. The van der Waals surface area contributed by atoms with Crippen LogP contribution < -0.4 is 0 Å². The van der Waals surface area contributed by atoms with Crippen molar-refractivity contribution >= 4 is 11.6 Å². The van der Waals surface area contributed by atoms with E-state index in [2.05, 4.69) is 25.3 Å².